The van der Waals surface area contributed by atoms with Gasteiger partial charge in [-0.1, -0.05) is 17.7 Å². The smallest absolute Gasteiger partial charge is 0.239 e. The number of nitrogens with one attached hydrogen (secondary N) is 3. The first-order chi connectivity index (χ1) is 10.9. The number of halogens is 1. The molecule has 2 aromatic rings. The molecule has 0 unspecified atom stereocenters. The topological polar surface area (TPSA) is 121 Å². The van der Waals surface area contributed by atoms with Gasteiger partial charge in [-0.05, 0) is 23.8 Å². The summed E-state index contributed by atoms with van der Waals surface area (Å²) in [5.74, 6) is 0.590. The van der Waals surface area contributed by atoms with Gasteiger partial charge in [0.2, 0.25) is 10.0 Å². The maximum Gasteiger partial charge on any atom is 0.239 e. The molecular formula is C14H16ClN5O2S. The number of hydrogen-bond acceptors (Lipinski definition) is 6. The first-order valence-electron chi connectivity index (χ1n) is 6.59. The SMILES string of the molecule is CNc1nccc(NCc2ccc(S(N)(=O)=O)c(Cl)c2)c1C=N. The molecule has 0 radical (unpaired) electrons. The fraction of sp³-hybridized carbons (Fsp3) is 0.143. The van der Waals surface area contributed by atoms with Crippen LogP contribution in [0.25, 0.3) is 0 Å². The number of nitrogens with two attached hydrogens (primary N) is 1. The van der Waals surface area contributed by atoms with Gasteiger partial charge in [-0.2, -0.15) is 0 Å². The lowest BCUT2D eigenvalue weighted by atomic mass is 10.2. The molecule has 0 spiro atoms. The molecule has 0 aliphatic carbocycles. The minimum Gasteiger partial charge on any atom is -0.380 e. The van der Waals surface area contributed by atoms with Crippen LogP contribution >= 0.6 is 11.6 Å². The number of benzene rings is 1. The van der Waals surface area contributed by atoms with Crippen LogP contribution in [0.5, 0.6) is 0 Å². The Kier molecular flexibility index (Phi) is 5.19. The van der Waals surface area contributed by atoms with Crippen molar-refractivity contribution >= 4 is 39.3 Å². The second kappa shape index (κ2) is 6.95. The van der Waals surface area contributed by atoms with E-state index in [1.165, 1.54) is 12.3 Å². The van der Waals surface area contributed by atoms with Crippen LogP contribution in [-0.4, -0.2) is 26.7 Å². The van der Waals surface area contributed by atoms with Gasteiger partial charge in [-0.25, -0.2) is 18.5 Å². The maximum atomic E-state index is 11.3. The van der Waals surface area contributed by atoms with E-state index in [1.54, 1.807) is 31.4 Å². The molecule has 9 heteroatoms. The molecule has 0 saturated heterocycles. The van der Waals surface area contributed by atoms with E-state index in [0.717, 1.165) is 11.3 Å². The van der Waals surface area contributed by atoms with E-state index in [0.29, 0.717) is 17.9 Å². The van der Waals surface area contributed by atoms with Crippen LogP contribution in [0.3, 0.4) is 0 Å². The average Bonchev–Trinajstić information content (AvgIpc) is 2.51. The maximum absolute atomic E-state index is 11.3. The number of pyridine rings is 1. The molecule has 0 saturated carbocycles. The fourth-order valence-corrected chi connectivity index (χ4v) is 3.17. The predicted molar refractivity (Wildman–Crippen MR) is 91.8 cm³/mol. The summed E-state index contributed by atoms with van der Waals surface area (Å²) in [6, 6.07) is 6.29. The second-order valence-corrected chi connectivity index (χ2v) is 6.62. The number of aromatic nitrogens is 1. The molecule has 5 N–H and O–H groups in total. The Morgan fingerprint density at radius 2 is 2.13 bits per heavy atom. The first kappa shape index (κ1) is 17.2. The van der Waals surface area contributed by atoms with E-state index in [-0.39, 0.29) is 9.92 Å². The third-order valence-corrected chi connectivity index (χ3v) is 4.55. The van der Waals surface area contributed by atoms with E-state index in [9.17, 15) is 8.42 Å². The molecule has 1 aromatic carbocycles. The molecule has 0 bridgehead atoms. The second-order valence-electron chi connectivity index (χ2n) is 4.68. The third-order valence-electron chi connectivity index (χ3n) is 3.16. The highest BCUT2D eigenvalue weighted by atomic mass is 35.5. The standard InChI is InChI=1S/C14H16ClN5O2S/c1-18-14-10(7-16)12(4-5-19-14)20-8-9-2-3-13(11(15)6-9)23(17,21)22/h2-7,16H,8H2,1H3,(H2,17,21,22)(H2,18,19,20). The van der Waals surface area contributed by atoms with E-state index in [4.69, 9.17) is 22.1 Å². The van der Waals surface area contributed by atoms with Crippen LogP contribution < -0.4 is 15.8 Å². The van der Waals surface area contributed by atoms with Gasteiger partial charge in [0, 0.05) is 31.7 Å². The normalized spacial score (nSPS) is 11.1. The summed E-state index contributed by atoms with van der Waals surface area (Å²) in [7, 11) is -2.11. The van der Waals surface area contributed by atoms with Crippen LogP contribution in [0.1, 0.15) is 11.1 Å². The Morgan fingerprint density at radius 1 is 1.39 bits per heavy atom. The van der Waals surface area contributed by atoms with Crippen LogP contribution in [0.2, 0.25) is 5.02 Å². The van der Waals surface area contributed by atoms with Crippen molar-refractivity contribution in [3.8, 4) is 0 Å². The highest BCUT2D eigenvalue weighted by Gasteiger charge is 2.13. The minimum absolute atomic E-state index is 0.0738. The summed E-state index contributed by atoms with van der Waals surface area (Å²) in [6.07, 6.45) is 2.83. The molecule has 0 atom stereocenters. The molecule has 122 valence electrons. The number of hydrogen-bond donors (Lipinski definition) is 4. The van der Waals surface area contributed by atoms with Crippen molar-refractivity contribution in [2.75, 3.05) is 17.7 Å². The monoisotopic (exact) mass is 353 g/mol. The van der Waals surface area contributed by atoms with Crippen LogP contribution in [0.15, 0.2) is 35.4 Å². The van der Waals surface area contributed by atoms with Crippen LogP contribution in [0, 0.1) is 5.41 Å². The third kappa shape index (κ3) is 3.98. The largest absolute Gasteiger partial charge is 0.380 e. The molecule has 23 heavy (non-hydrogen) atoms. The molecule has 1 heterocycles. The van der Waals surface area contributed by atoms with Gasteiger partial charge in [-0.3, -0.25) is 0 Å². The van der Waals surface area contributed by atoms with Crippen molar-refractivity contribution in [3.63, 3.8) is 0 Å². The number of anilines is 2. The highest BCUT2D eigenvalue weighted by molar-refractivity contribution is 7.89. The van der Waals surface area contributed by atoms with Gasteiger partial charge < -0.3 is 16.0 Å². The van der Waals surface area contributed by atoms with Gasteiger partial charge in [0.25, 0.3) is 0 Å². The van der Waals surface area contributed by atoms with Gasteiger partial charge in [-0.15, -0.1) is 0 Å². The van der Waals surface area contributed by atoms with Gasteiger partial charge in [0.1, 0.15) is 10.7 Å². The summed E-state index contributed by atoms with van der Waals surface area (Å²) < 4.78 is 22.7. The molecule has 2 rings (SSSR count). The van der Waals surface area contributed by atoms with Crippen molar-refractivity contribution in [1.29, 1.82) is 5.41 Å². The molecule has 1 aromatic heterocycles. The Morgan fingerprint density at radius 3 is 2.70 bits per heavy atom. The Hall–Kier alpha value is -2.16. The number of sulfonamides is 1. The van der Waals surface area contributed by atoms with E-state index >= 15 is 0 Å². The van der Waals surface area contributed by atoms with E-state index < -0.39 is 10.0 Å². The highest BCUT2D eigenvalue weighted by Crippen LogP contribution is 2.23. The first-order valence-corrected chi connectivity index (χ1v) is 8.51. The van der Waals surface area contributed by atoms with Crippen LogP contribution in [-0.2, 0) is 16.6 Å². The molecule has 0 aliphatic heterocycles. The molecular weight excluding hydrogens is 338 g/mol. The lowest BCUT2D eigenvalue weighted by molar-refractivity contribution is 0.598. The minimum atomic E-state index is -3.84. The molecule has 7 nitrogen and oxygen atoms in total. The van der Waals surface area contributed by atoms with Crippen molar-refractivity contribution < 1.29 is 8.42 Å². The zero-order valence-electron chi connectivity index (χ0n) is 12.3. The summed E-state index contributed by atoms with van der Waals surface area (Å²) in [5, 5.41) is 18.7. The van der Waals surface area contributed by atoms with Gasteiger partial charge in [0.15, 0.2) is 0 Å². The summed E-state index contributed by atoms with van der Waals surface area (Å²) >= 11 is 5.96. The van der Waals surface area contributed by atoms with E-state index in [2.05, 4.69) is 15.6 Å². The summed E-state index contributed by atoms with van der Waals surface area (Å²) in [5.41, 5.74) is 2.13. The Balaban J connectivity index is 2.22. The lowest BCUT2D eigenvalue weighted by Crippen LogP contribution is -2.13. The predicted octanol–water partition coefficient (Wildman–Crippen LogP) is 2.03. The van der Waals surface area contributed by atoms with E-state index in [1.807, 2.05) is 0 Å². The van der Waals surface area contributed by atoms with Crippen molar-refractivity contribution in [2.45, 2.75) is 11.4 Å². The zero-order chi connectivity index (χ0) is 17.0. The average molecular weight is 354 g/mol. The summed E-state index contributed by atoms with van der Waals surface area (Å²) in [6.45, 7) is 0.401. The lowest BCUT2D eigenvalue weighted by Gasteiger charge is -2.13. The molecule has 0 aliphatic rings. The number of nitrogens with zero attached hydrogens (tertiary/aromatic N) is 1. The van der Waals surface area contributed by atoms with Gasteiger partial charge >= 0.3 is 0 Å². The van der Waals surface area contributed by atoms with Crippen molar-refractivity contribution in [3.05, 3.63) is 46.6 Å². The fourth-order valence-electron chi connectivity index (χ4n) is 2.06. The number of primary sulfonamides is 1. The summed E-state index contributed by atoms with van der Waals surface area (Å²) in [4.78, 5) is 4.03. The zero-order valence-corrected chi connectivity index (χ0v) is 13.9. The van der Waals surface area contributed by atoms with Crippen molar-refractivity contribution in [1.82, 2.24) is 4.98 Å². The van der Waals surface area contributed by atoms with Gasteiger partial charge in [0.05, 0.1) is 10.6 Å². The van der Waals surface area contributed by atoms with Crippen LogP contribution in [0.4, 0.5) is 11.5 Å². The number of rotatable bonds is 6. The molecule has 0 amide bonds. The Bertz CT molecular complexity index is 839. The quantitative estimate of drug-likeness (QED) is 0.592. The molecule has 0 fully saturated rings. The Labute approximate surface area is 139 Å². The van der Waals surface area contributed by atoms with Crippen molar-refractivity contribution in [2.24, 2.45) is 5.14 Å².